The maximum Gasteiger partial charge on any atom is 0.203 e. The lowest BCUT2D eigenvalue weighted by atomic mass is 9.95. The summed E-state index contributed by atoms with van der Waals surface area (Å²) < 4.78 is 5.10. The molecule has 0 saturated heterocycles. The summed E-state index contributed by atoms with van der Waals surface area (Å²) in [4.78, 5) is 26.0. The molecule has 23 heavy (non-hydrogen) atoms. The molecule has 4 heteroatoms. The Morgan fingerprint density at radius 2 is 1.48 bits per heavy atom. The van der Waals surface area contributed by atoms with Crippen LogP contribution in [-0.4, -0.2) is 18.7 Å². The van der Waals surface area contributed by atoms with Crippen molar-refractivity contribution in [1.29, 1.82) is 0 Å². The predicted octanol–water partition coefficient (Wildman–Crippen LogP) is 4.22. The van der Waals surface area contributed by atoms with Gasteiger partial charge >= 0.3 is 0 Å². The molecule has 3 aromatic rings. The number of carbonyl (C=O) groups excluding carboxylic acids is 2. The van der Waals surface area contributed by atoms with Crippen LogP contribution in [0.4, 0.5) is 0 Å². The number of ether oxygens (including phenoxy) is 1. The molecule has 0 atom stereocenters. The molecular formula is C19H14O3S. The zero-order valence-electron chi connectivity index (χ0n) is 12.5. The maximum absolute atomic E-state index is 12.8. The molecule has 0 bridgehead atoms. The molecule has 114 valence electrons. The molecule has 0 N–H and O–H groups in total. The van der Waals surface area contributed by atoms with Crippen molar-refractivity contribution in [3.63, 3.8) is 0 Å². The molecule has 3 rings (SSSR count). The van der Waals surface area contributed by atoms with Gasteiger partial charge in [-0.3, -0.25) is 9.59 Å². The highest BCUT2D eigenvalue weighted by molar-refractivity contribution is 7.12. The Bertz CT molecular complexity index is 833. The van der Waals surface area contributed by atoms with E-state index in [0.29, 0.717) is 27.3 Å². The van der Waals surface area contributed by atoms with Crippen LogP contribution in [0.25, 0.3) is 0 Å². The minimum absolute atomic E-state index is 0.127. The fourth-order valence-electron chi connectivity index (χ4n) is 2.32. The Hall–Kier alpha value is -2.72. The number of benzene rings is 2. The van der Waals surface area contributed by atoms with E-state index >= 15 is 0 Å². The second-order valence-electron chi connectivity index (χ2n) is 4.91. The van der Waals surface area contributed by atoms with Crippen molar-refractivity contribution < 1.29 is 14.3 Å². The van der Waals surface area contributed by atoms with Crippen molar-refractivity contribution in [2.45, 2.75) is 0 Å². The fraction of sp³-hybridized carbons (Fsp3) is 0.0526. The Kier molecular flexibility index (Phi) is 4.35. The van der Waals surface area contributed by atoms with E-state index in [9.17, 15) is 9.59 Å². The molecule has 2 aromatic carbocycles. The van der Waals surface area contributed by atoms with E-state index in [1.807, 2.05) is 11.4 Å². The van der Waals surface area contributed by atoms with E-state index in [4.69, 9.17) is 4.74 Å². The van der Waals surface area contributed by atoms with Gasteiger partial charge in [0, 0.05) is 16.7 Å². The van der Waals surface area contributed by atoms with Crippen LogP contribution in [0.1, 0.15) is 31.2 Å². The normalized spacial score (nSPS) is 10.3. The lowest BCUT2D eigenvalue weighted by molar-refractivity contribution is 0.100. The fourth-order valence-corrected chi connectivity index (χ4v) is 3.00. The Labute approximate surface area is 138 Å². The molecule has 1 heterocycles. The van der Waals surface area contributed by atoms with Crippen LogP contribution in [-0.2, 0) is 0 Å². The SMILES string of the molecule is COc1ccc(C(=O)c2ccccc2C(=O)c2cccs2)cc1. The van der Waals surface area contributed by atoms with Crippen LogP contribution in [0.5, 0.6) is 5.75 Å². The van der Waals surface area contributed by atoms with Gasteiger partial charge in [-0.2, -0.15) is 0 Å². The molecule has 0 amide bonds. The van der Waals surface area contributed by atoms with Gasteiger partial charge in [0.1, 0.15) is 5.75 Å². The van der Waals surface area contributed by atoms with Crippen LogP contribution in [0.2, 0.25) is 0 Å². The standard InChI is InChI=1S/C19H14O3S/c1-22-14-10-8-13(9-11-14)18(20)15-5-2-3-6-16(15)19(21)17-7-4-12-23-17/h2-12H,1H3. The monoisotopic (exact) mass is 322 g/mol. The summed E-state index contributed by atoms with van der Waals surface area (Å²) in [6.45, 7) is 0. The van der Waals surface area contributed by atoms with Crippen molar-refractivity contribution in [3.8, 4) is 5.75 Å². The van der Waals surface area contributed by atoms with E-state index in [0.717, 1.165) is 0 Å². The van der Waals surface area contributed by atoms with Crippen molar-refractivity contribution >= 4 is 22.9 Å². The number of thiophene rings is 1. The second kappa shape index (κ2) is 6.58. The Balaban J connectivity index is 1.99. The van der Waals surface area contributed by atoms with Crippen molar-refractivity contribution in [2.24, 2.45) is 0 Å². The van der Waals surface area contributed by atoms with Gasteiger partial charge in [-0.05, 0) is 35.7 Å². The average molecular weight is 322 g/mol. The third-order valence-corrected chi connectivity index (χ3v) is 4.38. The minimum atomic E-state index is -0.173. The van der Waals surface area contributed by atoms with Crippen molar-refractivity contribution in [3.05, 3.63) is 87.6 Å². The lowest BCUT2D eigenvalue weighted by Crippen LogP contribution is -2.10. The van der Waals surface area contributed by atoms with Gasteiger partial charge in [0.05, 0.1) is 12.0 Å². The van der Waals surface area contributed by atoms with Gasteiger partial charge in [-0.25, -0.2) is 0 Å². The first kappa shape index (κ1) is 15.2. The van der Waals surface area contributed by atoms with Crippen LogP contribution >= 0.6 is 11.3 Å². The highest BCUT2D eigenvalue weighted by atomic mass is 32.1. The summed E-state index contributed by atoms with van der Waals surface area (Å²) in [7, 11) is 1.58. The molecule has 0 radical (unpaired) electrons. The molecule has 0 aliphatic carbocycles. The number of ketones is 2. The second-order valence-corrected chi connectivity index (χ2v) is 5.86. The largest absolute Gasteiger partial charge is 0.497 e. The lowest BCUT2D eigenvalue weighted by Gasteiger charge is -2.08. The summed E-state index contributed by atoms with van der Waals surface area (Å²) in [6, 6.07) is 17.4. The Morgan fingerprint density at radius 3 is 2.04 bits per heavy atom. The van der Waals surface area contributed by atoms with Gasteiger partial charge in [-0.15, -0.1) is 11.3 Å². The maximum atomic E-state index is 12.8. The predicted molar refractivity (Wildman–Crippen MR) is 90.6 cm³/mol. The summed E-state index contributed by atoms with van der Waals surface area (Å²) >= 11 is 1.37. The summed E-state index contributed by atoms with van der Waals surface area (Å²) in [5.74, 6) is 0.384. The summed E-state index contributed by atoms with van der Waals surface area (Å²) in [5.41, 5.74) is 1.36. The number of hydrogen-bond acceptors (Lipinski definition) is 4. The van der Waals surface area contributed by atoms with Gasteiger partial charge in [0.2, 0.25) is 5.78 Å². The first-order valence-electron chi connectivity index (χ1n) is 7.06. The number of hydrogen-bond donors (Lipinski definition) is 0. The molecule has 0 fully saturated rings. The highest BCUT2D eigenvalue weighted by Gasteiger charge is 2.19. The van der Waals surface area contributed by atoms with E-state index in [1.165, 1.54) is 11.3 Å². The molecule has 0 aliphatic heterocycles. The molecular weight excluding hydrogens is 308 g/mol. The van der Waals surface area contributed by atoms with Gasteiger partial charge < -0.3 is 4.74 Å². The summed E-state index contributed by atoms with van der Waals surface area (Å²) in [5, 5.41) is 1.85. The van der Waals surface area contributed by atoms with E-state index in [2.05, 4.69) is 0 Å². The van der Waals surface area contributed by atoms with E-state index in [-0.39, 0.29) is 11.6 Å². The van der Waals surface area contributed by atoms with Crippen LogP contribution < -0.4 is 4.74 Å². The van der Waals surface area contributed by atoms with Crippen LogP contribution in [0.3, 0.4) is 0 Å². The van der Waals surface area contributed by atoms with Gasteiger partial charge in [-0.1, -0.05) is 30.3 Å². The summed E-state index contributed by atoms with van der Waals surface area (Å²) in [6.07, 6.45) is 0. The third kappa shape index (κ3) is 3.07. The first-order chi connectivity index (χ1) is 11.2. The highest BCUT2D eigenvalue weighted by Crippen LogP contribution is 2.21. The van der Waals surface area contributed by atoms with Crippen molar-refractivity contribution in [2.75, 3.05) is 7.11 Å². The van der Waals surface area contributed by atoms with E-state index < -0.39 is 0 Å². The Morgan fingerprint density at radius 1 is 0.826 bits per heavy atom. The van der Waals surface area contributed by atoms with Crippen LogP contribution in [0, 0.1) is 0 Å². The van der Waals surface area contributed by atoms with Gasteiger partial charge in [0.25, 0.3) is 0 Å². The third-order valence-electron chi connectivity index (χ3n) is 3.51. The molecule has 0 spiro atoms. The van der Waals surface area contributed by atoms with E-state index in [1.54, 1.807) is 61.7 Å². The molecule has 0 saturated carbocycles. The molecule has 3 nitrogen and oxygen atoms in total. The number of rotatable bonds is 5. The van der Waals surface area contributed by atoms with Crippen LogP contribution in [0.15, 0.2) is 66.0 Å². The topological polar surface area (TPSA) is 43.4 Å². The zero-order chi connectivity index (χ0) is 16.2. The molecule has 1 aromatic heterocycles. The smallest absolute Gasteiger partial charge is 0.203 e. The molecule has 0 unspecified atom stereocenters. The first-order valence-corrected chi connectivity index (χ1v) is 7.94. The number of carbonyl (C=O) groups is 2. The number of methoxy groups -OCH3 is 1. The quantitative estimate of drug-likeness (QED) is 0.661. The van der Waals surface area contributed by atoms with Gasteiger partial charge in [0.15, 0.2) is 5.78 Å². The van der Waals surface area contributed by atoms with Crippen molar-refractivity contribution in [1.82, 2.24) is 0 Å². The average Bonchev–Trinajstić information content (AvgIpc) is 3.15. The molecule has 0 aliphatic rings. The zero-order valence-corrected chi connectivity index (χ0v) is 13.3. The minimum Gasteiger partial charge on any atom is -0.497 e.